The van der Waals surface area contributed by atoms with Crippen LogP contribution in [0.1, 0.15) is 50.6 Å². The summed E-state index contributed by atoms with van der Waals surface area (Å²) in [5.41, 5.74) is 0.985. The van der Waals surface area contributed by atoms with Crippen LogP contribution in [0.3, 0.4) is 0 Å². The third-order valence-electron chi connectivity index (χ3n) is 6.08. The van der Waals surface area contributed by atoms with Crippen LogP contribution in [0, 0.1) is 5.82 Å². The van der Waals surface area contributed by atoms with Crippen LogP contribution in [-0.2, 0) is 0 Å². The molecule has 12 heteroatoms. The van der Waals surface area contributed by atoms with Gasteiger partial charge in [0.25, 0.3) is 17.7 Å². The summed E-state index contributed by atoms with van der Waals surface area (Å²) < 4.78 is 13.2. The first-order chi connectivity index (χ1) is 18.3. The molecule has 0 saturated carbocycles. The van der Waals surface area contributed by atoms with Crippen LogP contribution >= 0.6 is 11.6 Å². The van der Waals surface area contributed by atoms with Gasteiger partial charge in [0.1, 0.15) is 11.5 Å². The number of aliphatic hydroxyl groups excluding tert-OH is 1. The Morgan fingerprint density at radius 2 is 1.79 bits per heavy atom. The van der Waals surface area contributed by atoms with E-state index >= 15 is 0 Å². The highest BCUT2D eigenvalue weighted by Gasteiger charge is 2.21. The number of carbonyl (C=O) groups excluding carboxylic acids is 3. The minimum atomic E-state index is -0.575. The Balaban J connectivity index is 1.27. The Kier molecular flexibility index (Phi) is 9.06. The molecule has 1 unspecified atom stereocenters. The molecule has 1 aliphatic rings. The van der Waals surface area contributed by atoms with Gasteiger partial charge in [-0.1, -0.05) is 11.6 Å². The van der Waals surface area contributed by atoms with E-state index in [-0.39, 0.29) is 28.1 Å². The highest BCUT2D eigenvalue weighted by atomic mass is 35.5. The number of nitrogens with zero attached hydrogens (tertiary/aromatic N) is 2. The second-order valence-corrected chi connectivity index (χ2v) is 9.35. The number of aromatic amines is 1. The third kappa shape index (κ3) is 7.15. The summed E-state index contributed by atoms with van der Waals surface area (Å²) >= 11 is 5.93. The molecule has 3 aromatic rings. The monoisotopic (exact) mass is 542 g/mol. The Morgan fingerprint density at radius 1 is 1.08 bits per heavy atom. The number of benzene rings is 2. The van der Waals surface area contributed by atoms with E-state index in [0.717, 1.165) is 38.1 Å². The molecule has 1 fully saturated rings. The van der Waals surface area contributed by atoms with E-state index in [9.17, 15) is 23.9 Å². The van der Waals surface area contributed by atoms with Gasteiger partial charge < -0.3 is 30.9 Å². The first-order valence-electron chi connectivity index (χ1n) is 12.2. The molecule has 0 aliphatic carbocycles. The van der Waals surface area contributed by atoms with Crippen LogP contribution in [0.2, 0.25) is 5.02 Å². The van der Waals surface area contributed by atoms with E-state index in [1.54, 1.807) is 24.3 Å². The first-order valence-corrected chi connectivity index (χ1v) is 12.6. The molecule has 38 heavy (non-hydrogen) atoms. The van der Waals surface area contributed by atoms with Gasteiger partial charge in [0.05, 0.1) is 23.0 Å². The predicted octanol–water partition coefficient (Wildman–Crippen LogP) is 3.28. The van der Waals surface area contributed by atoms with Gasteiger partial charge >= 0.3 is 0 Å². The summed E-state index contributed by atoms with van der Waals surface area (Å²) in [6.07, 6.45) is 3.48. The number of nitrogens with one attached hydrogen (secondary N) is 4. The summed E-state index contributed by atoms with van der Waals surface area (Å²) in [5.74, 6) is -2.07. The number of imidazole rings is 1. The van der Waals surface area contributed by atoms with Gasteiger partial charge in [-0.2, -0.15) is 0 Å². The van der Waals surface area contributed by atoms with Gasteiger partial charge in [0.15, 0.2) is 5.69 Å². The van der Waals surface area contributed by atoms with Gasteiger partial charge in [-0.15, -0.1) is 0 Å². The molecular weight excluding hydrogens is 515 g/mol. The zero-order chi connectivity index (χ0) is 27.1. The molecule has 10 nitrogen and oxygen atoms in total. The van der Waals surface area contributed by atoms with Crippen molar-refractivity contribution in [2.24, 2.45) is 0 Å². The molecule has 0 radical (unpaired) electrons. The lowest BCUT2D eigenvalue weighted by molar-refractivity contribution is 0.0697. The smallest absolute Gasteiger partial charge is 0.276 e. The Hall–Kier alpha value is -3.80. The molecule has 0 bridgehead atoms. The lowest BCUT2D eigenvalue weighted by Gasteiger charge is -2.29. The first kappa shape index (κ1) is 27.2. The van der Waals surface area contributed by atoms with Crippen LogP contribution in [0.15, 0.2) is 48.8 Å². The summed E-state index contributed by atoms with van der Waals surface area (Å²) in [6, 6.07) is 9.78. The average molecular weight is 543 g/mol. The maximum absolute atomic E-state index is 13.2. The van der Waals surface area contributed by atoms with Crippen molar-refractivity contribution in [3.63, 3.8) is 0 Å². The summed E-state index contributed by atoms with van der Waals surface area (Å²) in [4.78, 5) is 46.6. The van der Waals surface area contributed by atoms with E-state index in [1.165, 1.54) is 12.4 Å². The fourth-order valence-corrected chi connectivity index (χ4v) is 4.42. The maximum atomic E-state index is 13.2. The average Bonchev–Trinajstić information content (AvgIpc) is 3.38. The number of hydrogen-bond acceptors (Lipinski definition) is 6. The number of halogens is 2. The molecule has 1 atom stereocenters. The second-order valence-electron chi connectivity index (χ2n) is 8.94. The molecule has 1 aromatic heterocycles. The molecule has 2 heterocycles. The van der Waals surface area contributed by atoms with Crippen molar-refractivity contribution in [2.45, 2.75) is 25.4 Å². The van der Waals surface area contributed by atoms with E-state index in [2.05, 4.69) is 30.8 Å². The van der Waals surface area contributed by atoms with Crippen LogP contribution < -0.4 is 16.0 Å². The Labute approximate surface area is 223 Å². The predicted molar refractivity (Wildman–Crippen MR) is 141 cm³/mol. The Morgan fingerprint density at radius 3 is 2.47 bits per heavy atom. The van der Waals surface area contributed by atoms with Crippen molar-refractivity contribution in [3.8, 4) is 0 Å². The van der Waals surface area contributed by atoms with Crippen molar-refractivity contribution in [1.29, 1.82) is 0 Å². The maximum Gasteiger partial charge on any atom is 0.276 e. The number of carbonyl (C=O) groups is 3. The number of likely N-dealkylation sites (tertiary alicyclic amines) is 1. The fourth-order valence-electron chi connectivity index (χ4n) is 4.17. The number of rotatable bonds is 9. The van der Waals surface area contributed by atoms with Crippen molar-refractivity contribution in [1.82, 2.24) is 20.2 Å². The lowest BCUT2D eigenvalue weighted by atomic mass is 10.1. The lowest BCUT2D eigenvalue weighted by Crippen LogP contribution is -2.39. The number of hydrogen-bond donors (Lipinski definition) is 5. The van der Waals surface area contributed by atoms with Crippen molar-refractivity contribution >= 4 is 40.7 Å². The number of piperidine rings is 1. The van der Waals surface area contributed by atoms with Crippen LogP contribution in [-0.4, -0.2) is 70.0 Å². The second kappa shape index (κ2) is 12.6. The van der Waals surface area contributed by atoms with E-state index in [0.29, 0.717) is 30.9 Å². The van der Waals surface area contributed by atoms with Crippen molar-refractivity contribution in [3.05, 3.63) is 76.6 Å². The molecule has 1 aliphatic heterocycles. The molecule has 2 aromatic carbocycles. The fraction of sp³-hybridized carbons (Fsp3) is 0.308. The van der Waals surface area contributed by atoms with Crippen LogP contribution in [0.25, 0.3) is 0 Å². The van der Waals surface area contributed by atoms with Gasteiger partial charge in [-0.3, -0.25) is 14.4 Å². The molecule has 200 valence electrons. The molecular formula is C26H28ClFN6O4. The van der Waals surface area contributed by atoms with E-state index in [4.69, 9.17) is 11.6 Å². The zero-order valence-corrected chi connectivity index (χ0v) is 21.2. The van der Waals surface area contributed by atoms with Crippen molar-refractivity contribution in [2.75, 3.05) is 36.8 Å². The quantitative estimate of drug-likeness (QED) is 0.263. The molecule has 0 spiro atoms. The highest BCUT2D eigenvalue weighted by Crippen LogP contribution is 2.20. The topological polar surface area (TPSA) is 139 Å². The summed E-state index contributed by atoms with van der Waals surface area (Å²) in [7, 11) is 0. The largest absolute Gasteiger partial charge is 0.392 e. The highest BCUT2D eigenvalue weighted by molar-refractivity contribution is 6.34. The van der Waals surface area contributed by atoms with E-state index in [1.807, 2.05) is 0 Å². The number of H-pyrrole nitrogens is 1. The van der Waals surface area contributed by atoms with Gasteiger partial charge in [-0.25, -0.2) is 9.37 Å². The number of β-amino-alcohol motifs (C(OH)–C–C–N with tert-alkyl or cyclic N) is 1. The zero-order valence-electron chi connectivity index (χ0n) is 20.5. The molecule has 5 N–H and O–H groups in total. The number of aliphatic hydroxyl groups is 1. The van der Waals surface area contributed by atoms with E-state index < -0.39 is 23.5 Å². The van der Waals surface area contributed by atoms with Gasteiger partial charge in [0, 0.05) is 24.5 Å². The molecule has 4 rings (SSSR count). The normalized spacial score (nSPS) is 15.6. The minimum Gasteiger partial charge on any atom is -0.392 e. The summed E-state index contributed by atoms with van der Waals surface area (Å²) in [5, 5.41) is 17.9. The number of aromatic nitrogens is 2. The molecule has 3 amide bonds. The standard InChI is InChI=1S/C26H28ClFN6O4/c27-21-13-16(28)4-9-20(21)24(36)32-17-5-7-18(8-6-17)33-26(38)23-22(30-15-31-23)25(37)29-10-2-12-34-11-1-3-19(35)14-34/h4-9,13,15,19,35H,1-3,10-12,14H2,(H,29,37)(H,30,31)(H,32,36)(H,33,38). The van der Waals surface area contributed by atoms with Crippen molar-refractivity contribution < 1.29 is 23.9 Å². The van der Waals surface area contributed by atoms with Gasteiger partial charge in [0.2, 0.25) is 0 Å². The van der Waals surface area contributed by atoms with Gasteiger partial charge in [-0.05, 0) is 74.8 Å². The third-order valence-corrected chi connectivity index (χ3v) is 6.39. The number of anilines is 2. The van der Waals surface area contributed by atoms with Crippen LogP contribution in [0.5, 0.6) is 0 Å². The summed E-state index contributed by atoms with van der Waals surface area (Å²) in [6.45, 7) is 2.77. The number of amides is 3. The SMILES string of the molecule is O=C(Nc1ccc(NC(=O)c2nc[nH]c2C(=O)NCCCN2CCCC(O)C2)cc1)c1ccc(F)cc1Cl. The van der Waals surface area contributed by atoms with Crippen LogP contribution in [0.4, 0.5) is 15.8 Å². The Bertz CT molecular complexity index is 1300. The molecule has 1 saturated heterocycles. The minimum absolute atomic E-state index is 0.00735.